The third-order valence-electron chi connectivity index (χ3n) is 5.75. The SMILES string of the molecule is Cc1ccc(Oc2nc(Oc3ccc(C)cc3)nc(Oc3ccc(-n4nc5ccc(Cl)cc5n4)c(O)c3)n2)cc1. The molecule has 0 spiro atoms. The Morgan fingerprint density at radius 1 is 0.600 bits per heavy atom. The Morgan fingerprint density at radius 3 is 1.65 bits per heavy atom. The summed E-state index contributed by atoms with van der Waals surface area (Å²) >= 11 is 6.05. The molecule has 0 saturated carbocycles. The number of hydrogen-bond donors (Lipinski definition) is 1. The third kappa shape index (κ3) is 5.62. The van der Waals surface area contributed by atoms with E-state index in [2.05, 4.69) is 25.1 Å². The van der Waals surface area contributed by atoms with Gasteiger partial charge in [-0.3, -0.25) is 0 Å². The van der Waals surface area contributed by atoms with Crippen LogP contribution >= 0.6 is 11.6 Å². The molecule has 0 fully saturated rings. The van der Waals surface area contributed by atoms with E-state index in [0.717, 1.165) is 11.1 Å². The molecule has 0 unspecified atom stereocenters. The number of phenolic OH excluding ortho intramolecular Hbond substituents is 1. The highest BCUT2D eigenvalue weighted by Gasteiger charge is 2.15. The van der Waals surface area contributed by atoms with E-state index in [1.807, 2.05) is 38.1 Å². The fraction of sp³-hybridized carbons (Fsp3) is 0.0690. The summed E-state index contributed by atoms with van der Waals surface area (Å²) in [4.78, 5) is 14.2. The van der Waals surface area contributed by atoms with Gasteiger partial charge in [-0.05, 0) is 68.4 Å². The van der Waals surface area contributed by atoms with Gasteiger partial charge in [0.1, 0.15) is 39.7 Å². The highest BCUT2D eigenvalue weighted by atomic mass is 35.5. The number of phenols is 1. The lowest BCUT2D eigenvalue weighted by Gasteiger charge is -2.10. The van der Waals surface area contributed by atoms with Crippen molar-refractivity contribution >= 4 is 22.6 Å². The van der Waals surface area contributed by atoms with Crippen LogP contribution < -0.4 is 14.2 Å². The van der Waals surface area contributed by atoms with E-state index in [9.17, 15) is 5.11 Å². The largest absolute Gasteiger partial charge is 0.505 e. The Labute approximate surface area is 233 Å². The topological polar surface area (TPSA) is 117 Å². The number of nitrogens with zero attached hydrogens (tertiary/aromatic N) is 6. The smallest absolute Gasteiger partial charge is 0.331 e. The van der Waals surface area contributed by atoms with Gasteiger partial charge in [-0.2, -0.15) is 0 Å². The first-order valence-electron chi connectivity index (χ1n) is 12.2. The molecule has 0 aliphatic carbocycles. The van der Waals surface area contributed by atoms with Crippen molar-refractivity contribution < 1.29 is 19.3 Å². The normalized spacial score (nSPS) is 11.0. The second-order valence-corrected chi connectivity index (χ2v) is 9.32. The molecule has 11 heteroatoms. The molecule has 0 saturated heterocycles. The van der Waals surface area contributed by atoms with Crippen molar-refractivity contribution in [2.45, 2.75) is 13.8 Å². The first kappa shape index (κ1) is 25.1. The summed E-state index contributed by atoms with van der Waals surface area (Å²) in [5.41, 5.74) is 3.75. The molecular formula is C29H21ClN6O4. The van der Waals surface area contributed by atoms with Crippen LogP contribution in [-0.4, -0.2) is 35.1 Å². The van der Waals surface area contributed by atoms with E-state index in [-0.39, 0.29) is 29.5 Å². The van der Waals surface area contributed by atoms with Crippen molar-refractivity contribution in [1.29, 1.82) is 0 Å². The van der Waals surface area contributed by atoms with Crippen LogP contribution in [0.25, 0.3) is 16.7 Å². The lowest BCUT2D eigenvalue weighted by atomic mass is 10.2. The quantitative estimate of drug-likeness (QED) is 0.224. The van der Waals surface area contributed by atoms with E-state index in [1.54, 1.807) is 54.6 Å². The van der Waals surface area contributed by atoms with Gasteiger partial charge in [0.25, 0.3) is 0 Å². The molecule has 1 N–H and O–H groups in total. The van der Waals surface area contributed by atoms with Crippen LogP contribution in [0, 0.1) is 13.8 Å². The minimum absolute atomic E-state index is 0.0251. The molecular weight excluding hydrogens is 532 g/mol. The second-order valence-electron chi connectivity index (χ2n) is 8.89. The molecule has 0 aliphatic rings. The first-order valence-corrected chi connectivity index (χ1v) is 12.5. The van der Waals surface area contributed by atoms with Crippen molar-refractivity contribution in [3.05, 3.63) is 101 Å². The summed E-state index contributed by atoms with van der Waals surface area (Å²) in [5, 5.41) is 20.1. The number of halogens is 1. The van der Waals surface area contributed by atoms with Crippen LogP contribution in [0.5, 0.6) is 41.0 Å². The van der Waals surface area contributed by atoms with E-state index in [0.29, 0.717) is 33.2 Å². The van der Waals surface area contributed by atoms with E-state index in [1.165, 1.54) is 10.9 Å². The van der Waals surface area contributed by atoms with Gasteiger partial charge in [0.05, 0.1) is 0 Å². The first-order chi connectivity index (χ1) is 19.4. The highest BCUT2D eigenvalue weighted by molar-refractivity contribution is 6.31. The van der Waals surface area contributed by atoms with Crippen molar-refractivity contribution in [3.8, 4) is 46.7 Å². The van der Waals surface area contributed by atoms with Crippen molar-refractivity contribution in [2.75, 3.05) is 0 Å². The number of ether oxygens (including phenoxy) is 3. The van der Waals surface area contributed by atoms with Crippen LogP contribution in [0.2, 0.25) is 5.02 Å². The molecule has 4 aromatic carbocycles. The summed E-state index contributed by atoms with van der Waals surface area (Å²) in [5.74, 6) is 1.21. The minimum Gasteiger partial charge on any atom is -0.505 e. The Morgan fingerprint density at radius 2 is 1.10 bits per heavy atom. The van der Waals surface area contributed by atoms with Crippen LogP contribution in [0.1, 0.15) is 11.1 Å². The average Bonchev–Trinajstić information content (AvgIpc) is 3.34. The monoisotopic (exact) mass is 552 g/mol. The van der Waals surface area contributed by atoms with Crippen LogP contribution in [0.15, 0.2) is 84.9 Å². The summed E-state index contributed by atoms with van der Waals surface area (Å²) < 4.78 is 17.6. The standard InChI is InChI=1S/C29H21ClN6O4/c1-17-3-8-20(9-4-17)38-27-31-28(39-21-10-5-18(2)6-11-21)33-29(32-27)40-22-12-14-25(26(37)16-22)36-34-23-13-7-19(30)15-24(23)35-36/h3-16,37H,1-2H3. The Kier molecular flexibility index (Phi) is 6.59. The summed E-state index contributed by atoms with van der Waals surface area (Å²) in [6.45, 7) is 3.96. The molecule has 6 aromatic rings. The third-order valence-corrected chi connectivity index (χ3v) is 5.98. The van der Waals surface area contributed by atoms with Gasteiger partial charge < -0.3 is 19.3 Å². The molecule has 0 radical (unpaired) electrons. The van der Waals surface area contributed by atoms with Gasteiger partial charge >= 0.3 is 18.0 Å². The van der Waals surface area contributed by atoms with Gasteiger partial charge in [-0.15, -0.1) is 29.9 Å². The minimum atomic E-state index is -0.120. The van der Waals surface area contributed by atoms with Gasteiger partial charge in [0, 0.05) is 11.1 Å². The number of aromatic nitrogens is 6. The lowest BCUT2D eigenvalue weighted by Crippen LogP contribution is -2.02. The maximum absolute atomic E-state index is 10.7. The van der Waals surface area contributed by atoms with Crippen molar-refractivity contribution in [1.82, 2.24) is 29.9 Å². The maximum atomic E-state index is 10.7. The molecule has 40 heavy (non-hydrogen) atoms. The average molecular weight is 553 g/mol. The molecule has 2 aromatic heterocycles. The molecule has 6 rings (SSSR count). The fourth-order valence-corrected chi connectivity index (χ4v) is 3.88. The number of aryl methyl sites for hydroxylation is 2. The van der Waals surface area contributed by atoms with Crippen LogP contribution in [-0.2, 0) is 0 Å². The zero-order valence-electron chi connectivity index (χ0n) is 21.3. The van der Waals surface area contributed by atoms with Gasteiger partial charge in [0.15, 0.2) is 0 Å². The lowest BCUT2D eigenvalue weighted by molar-refractivity contribution is 0.361. The van der Waals surface area contributed by atoms with E-state index in [4.69, 9.17) is 25.8 Å². The Hall–Kier alpha value is -5.22. The molecule has 2 heterocycles. The number of aromatic hydroxyl groups is 1. The van der Waals surface area contributed by atoms with Gasteiger partial charge in [0.2, 0.25) is 0 Å². The van der Waals surface area contributed by atoms with E-state index >= 15 is 0 Å². The zero-order valence-corrected chi connectivity index (χ0v) is 22.1. The molecule has 10 nitrogen and oxygen atoms in total. The molecule has 0 aliphatic heterocycles. The summed E-state index contributed by atoms with van der Waals surface area (Å²) in [6.07, 6.45) is 0. The zero-order chi connectivity index (χ0) is 27.6. The van der Waals surface area contributed by atoms with Gasteiger partial charge in [-0.25, -0.2) is 0 Å². The second kappa shape index (κ2) is 10.5. The number of hydrogen-bond acceptors (Lipinski definition) is 9. The van der Waals surface area contributed by atoms with Crippen molar-refractivity contribution in [2.24, 2.45) is 0 Å². The summed E-state index contributed by atoms with van der Waals surface area (Å²) in [6, 6.07) is 24.5. The number of fused-ring (bicyclic) bond motifs is 1. The molecule has 198 valence electrons. The molecule has 0 bridgehead atoms. The predicted octanol–water partition coefficient (Wildman–Crippen LogP) is 6.96. The van der Waals surface area contributed by atoms with Gasteiger partial charge in [-0.1, -0.05) is 47.0 Å². The van der Waals surface area contributed by atoms with Crippen LogP contribution in [0.3, 0.4) is 0 Å². The predicted molar refractivity (Wildman–Crippen MR) is 148 cm³/mol. The highest BCUT2D eigenvalue weighted by Crippen LogP contribution is 2.31. The summed E-state index contributed by atoms with van der Waals surface area (Å²) in [7, 11) is 0. The maximum Gasteiger partial charge on any atom is 0.331 e. The van der Waals surface area contributed by atoms with Crippen LogP contribution in [0.4, 0.5) is 0 Å². The van der Waals surface area contributed by atoms with Crippen molar-refractivity contribution in [3.63, 3.8) is 0 Å². The van der Waals surface area contributed by atoms with E-state index < -0.39 is 0 Å². The Balaban J connectivity index is 1.29. The Bertz CT molecular complexity index is 1760. The molecule has 0 amide bonds. The molecule has 0 atom stereocenters. The number of benzene rings is 4. The number of rotatable bonds is 7. The fourth-order valence-electron chi connectivity index (χ4n) is 3.72.